The molecule has 1 aromatic carbocycles. The average Bonchev–Trinajstić information content (AvgIpc) is 3.18. The van der Waals surface area contributed by atoms with E-state index >= 15 is 0 Å². The van der Waals surface area contributed by atoms with Gasteiger partial charge >= 0.3 is 0 Å². The number of benzene rings is 1. The van der Waals surface area contributed by atoms with Crippen LogP contribution in [0.3, 0.4) is 0 Å². The SMILES string of the molecule is CCCn1cc(C)c2c(=O)[nH]c(-c3cc(N(CCCN4CCOCC4)S(=O)O)ccc3OCC)nc21. The minimum Gasteiger partial charge on any atom is -0.493 e. The zero-order valence-electron chi connectivity index (χ0n) is 21.2. The molecule has 1 unspecified atom stereocenters. The molecule has 0 aliphatic carbocycles. The van der Waals surface area contributed by atoms with E-state index in [2.05, 4.69) is 16.8 Å². The summed E-state index contributed by atoms with van der Waals surface area (Å²) in [5.41, 5.74) is 2.40. The lowest BCUT2D eigenvalue weighted by molar-refractivity contribution is 0.0377. The van der Waals surface area contributed by atoms with E-state index in [9.17, 15) is 13.6 Å². The summed E-state index contributed by atoms with van der Waals surface area (Å²) in [7, 11) is 0. The first-order valence-corrected chi connectivity index (χ1v) is 13.5. The lowest BCUT2D eigenvalue weighted by Crippen LogP contribution is -2.38. The third kappa shape index (κ3) is 5.80. The average molecular weight is 518 g/mol. The van der Waals surface area contributed by atoms with Crippen molar-refractivity contribution in [2.75, 3.05) is 50.3 Å². The summed E-state index contributed by atoms with van der Waals surface area (Å²) in [6, 6.07) is 5.28. The molecule has 0 spiro atoms. The number of fused-ring (bicyclic) bond motifs is 1. The van der Waals surface area contributed by atoms with Crippen molar-refractivity contribution >= 4 is 28.0 Å². The van der Waals surface area contributed by atoms with Gasteiger partial charge in [0.15, 0.2) is 0 Å². The molecule has 196 valence electrons. The van der Waals surface area contributed by atoms with Crippen molar-refractivity contribution in [2.45, 2.75) is 40.2 Å². The normalized spacial score (nSPS) is 15.3. The molecular formula is C25H35N5O5S. The number of hydrogen-bond acceptors (Lipinski definition) is 6. The van der Waals surface area contributed by atoms with Crippen LogP contribution in [0.4, 0.5) is 5.69 Å². The summed E-state index contributed by atoms with van der Waals surface area (Å²) in [5.74, 6) is 0.913. The molecule has 1 saturated heterocycles. The van der Waals surface area contributed by atoms with Crippen molar-refractivity contribution in [1.82, 2.24) is 19.4 Å². The second kappa shape index (κ2) is 12.0. The molecular weight excluding hydrogens is 482 g/mol. The summed E-state index contributed by atoms with van der Waals surface area (Å²) in [6.07, 6.45) is 3.58. The molecule has 4 rings (SSSR count). The van der Waals surface area contributed by atoms with E-state index in [0.717, 1.165) is 44.6 Å². The smallest absolute Gasteiger partial charge is 0.261 e. The molecule has 1 aliphatic heterocycles. The minimum absolute atomic E-state index is 0.219. The van der Waals surface area contributed by atoms with Crippen molar-refractivity contribution < 1.29 is 18.2 Å². The second-order valence-electron chi connectivity index (χ2n) is 8.87. The van der Waals surface area contributed by atoms with Crippen molar-refractivity contribution in [3.8, 4) is 17.1 Å². The number of rotatable bonds is 11. The fourth-order valence-electron chi connectivity index (χ4n) is 4.62. The van der Waals surface area contributed by atoms with Crippen LogP contribution in [0, 0.1) is 6.92 Å². The number of nitrogens with one attached hydrogen (secondary N) is 1. The highest BCUT2D eigenvalue weighted by molar-refractivity contribution is 7.80. The van der Waals surface area contributed by atoms with Gasteiger partial charge in [0, 0.05) is 38.9 Å². The van der Waals surface area contributed by atoms with Gasteiger partial charge < -0.3 is 19.0 Å². The Kier molecular flexibility index (Phi) is 8.78. The van der Waals surface area contributed by atoms with Crippen molar-refractivity contribution in [2.24, 2.45) is 0 Å². The molecule has 3 aromatic rings. The number of ether oxygens (including phenoxy) is 2. The van der Waals surface area contributed by atoms with Crippen LogP contribution in [-0.2, 0) is 22.5 Å². The molecule has 2 N–H and O–H groups in total. The van der Waals surface area contributed by atoms with Crippen molar-refractivity contribution in [3.05, 3.63) is 40.3 Å². The maximum absolute atomic E-state index is 13.0. The first kappa shape index (κ1) is 26.3. The number of aromatic nitrogens is 3. The molecule has 1 atom stereocenters. The third-order valence-corrected chi connectivity index (χ3v) is 7.09. The standard InChI is InChI=1S/C25H35N5O5S/c1-4-9-29-17-18(3)22-24(29)26-23(27-25(22)31)20-16-19(7-8-21(20)35-5-2)30(36(32)33)11-6-10-28-12-14-34-15-13-28/h7-8,16-17H,4-6,9-15H2,1-3H3,(H,32,33)(H,26,27,31). The number of nitrogens with zero attached hydrogens (tertiary/aromatic N) is 4. The summed E-state index contributed by atoms with van der Waals surface area (Å²) >= 11 is -2.21. The third-order valence-electron chi connectivity index (χ3n) is 6.31. The van der Waals surface area contributed by atoms with Crippen LogP contribution in [-0.4, -0.2) is 74.2 Å². The molecule has 36 heavy (non-hydrogen) atoms. The van der Waals surface area contributed by atoms with Gasteiger partial charge in [-0.05, 0) is 50.5 Å². The lowest BCUT2D eigenvalue weighted by Gasteiger charge is -2.28. The highest BCUT2D eigenvalue weighted by Crippen LogP contribution is 2.33. The maximum Gasteiger partial charge on any atom is 0.261 e. The first-order chi connectivity index (χ1) is 17.4. The van der Waals surface area contributed by atoms with Gasteiger partial charge in [0.2, 0.25) is 0 Å². The van der Waals surface area contributed by atoms with Gasteiger partial charge in [-0.3, -0.25) is 18.6 Å². The predicted octanol–water partition coefficient (Wildman–Crippen LogP) is 3.17. The Morgan fingerprint density at radius 3 is 2.72 bits per heavy atom. The number of H-pyrrole nitrogens is 1. The van der Waals surface area contributed by atoms with Gasteiger partial charge in [-0.1, -0.05) is 6.92 Å². The topological polar surface area (TPSA) is 113 Å². The second-order valence-corrected chi connectivity index (χ2v) is 9.77. The summed E-state index contributed by atoms with van der Waals surface area (Å²) in [4.78, 5) is 23.0. The fourth-order valence-corrected chi connectivity index (χ4v) is 5.20. The van der Waals surface area contributed by atoms with Gasteiger partial charge in [-0.25, -0.2) is 9.19 Å². The number of anilines is 1. The Morgan fingerprint density at radius 1 is 1.25 bits per heavy atom. The number of aryl methyl sites for hydroxylation is 2. The molecule has 0 bridgehead atoms. The van der Waals surface area contributed by atoms with Gasteiger partial charge in [0.05, 0.1) is 36.5 Å². The number of aromatic amines is 1. The zero-order chi connectivity index (χ0) is 25.7. The molecule has 1 fully saturated rings. The van der Waals surface area contributed by atoms with E-state index in [0.29, 0.717) is 60.2 Å². The fraction of sp³-hybridized carbons (Fsp3) is 0.520. The molecule has 11 heteroatoms. The largest absolute Gasteiger partial charge is 0.493 e. The molecule has 2 aromatic heterocycles. The Bertz CT molecular complexity index is 1270. The summed E-state index contributed by atoms with van der Waals surface area (Å²) in [6.45, 7) is 11.4. The van der Waals surface area contributed by atoms with E-state index in [1.54, 1.807) is 18.2 Å². The Hall–Kier alpha value is -2.73. The monoisotopic (exact) mass is 517 g/mol. The van der Waals surface area contributed by atoms with Gasteiger partial charge in [-0.15, -0.1) is 0 Å². The Balaban J connectivity index is 1.69. The van der Waals surface area contributed by atoms with Crippen LogP contribution < -0.4 is 14.6 Å². The van der Waals surface area contributed by atoms with Crippen LogP contribution >= 0.6 is 0 Å². The molecule has 10 nitrogen and oxygen atoms in total. The zero-order valence-corrected chi connectivity index (χ0v) is 22.0. The quantitative estimate of drug-likeness (QED) is 0.376. The van der Waals surface area contributed by atoms with E-state index in [4.69, 9.17) is 14.5 Å². The molecule has 0 saturated carbocycles. The highest BCUT2D eigenvalue weighted by Gasteiger charge is 2.20. The molecule has 0 radical (unpaired) electrons. The van der Waals surface area contributed by atoms with Crippen LogP contribution in [0.1, 0.15) is 32.3 Å². The van der Waals surface area contributed by atoms with Crippen LogP contribution in [0.5, 0.6) is 5.75 Å². The van der Waals surface area contributed by atoms with Gasteiger partial charge in [-0.2, -0.15) is 0 Å². The van der Waals surface area contributed by atoms with Crippen LogP contribution in [0.15, 0.2) is 29.2 Å². The molecule has 0 amide bonds. The summed E-state index contributed by atoms with van der Waals surface area (Å²) < 4.78 is 37.0. The number of morpholine rings is 1. The van der Waals surface area contributed by atoms with Crippen molar-refractivity contribution in [1.29, 1.82) is 0 Å². The van der Waals surface area contributed by atoms with E-state index in [1.165, 1.54) is 4.31 Å². The lowest BCUT2D eigenvalue weighted by atomic mass is 10.1. The summed E-state index contributed by atoms with van der Waals surface area (Å²) in [5, 5.41) is 0.572. The van der Waals surface area contributed by atoms with E-state index in [-0.39, 0.29) is 5.56 Å². The van der Waals surface area contributed by atoms with Crippen LogP contribution in [0.25, 0.3) is 22.4 Å². The molecule has 1 aliphatic rings. The predicted molar refractivity (Wildman–Crippen MR) is 142 cm³/mol. The molecule has 3 heterocycles. The minimum atomic E-state index is -2.21. The van der Waals surface area contributed by atoms with Gasteiger partial charge in [0.25, 0.3) is 16.8 Å². The Labute approximate surface area is 213 Å². The highest BCUT2D eigenvalue weighted by atomic mass is 32.2. The van der Waals surface area contributed by atoms with E-state index in [1.807, 2.05) is 24.6 Å². The van der Waals surface area contributed by atoms with E-state index < -0.39 is 11.3 Å². The van der Waals surface area contributed by atoms with Crippen molar-refractivity contribution in [3.63, 3.8) is 0 Å². The Morgan fingerprint density at radius 2 is 2.03 bits per heavy atom. The van der Waals surface area contributed by atoms with Gasteiger partial charge in [0.1, 0.15) is 17.2 Å². The number of hydrogen-bond donors (Lipinski definition) is 2. The maximum atomic E-state index is 13.0. The van der Waals surface area contributed by atoms with Crippen LogP contribution in [0.2, 0.25) is 0 Å². The first-order valence-electron chi connectivity index (χ1n) is 12.5.